The van der Waals surface area contributed by atoms with Gasteiger partial charge in [0.15, 0.2) is 6.10 Å². The lowest BCUT2D eigenvalue weighted by molar-refractivity contribution is -0.384. The minimum absolute atomic E-state index is 0.0788. The highest BCUT2D eigenvalue weighted by atomic mass is 16.6. The van der Waals surface area contributed by atoms with Crippen LogP contribution in [0.5, 0.6) is 5.75 Å². The number of carbonyl (C=O) groups is 1. The molecule has 6 nitrogen and oxygen atoms in total. The molecule has 1 atom stereocenters. The molecule has 0 saturated carbocycles. The largest absolute Gasteiger partial charge is 0.481 e. The number of aryl methyl sites for hydroxylation is 1. The van der Waals surface area contributed by atoms with Crippen molar-refractivity contribution in [2.45, 2.75) is 20.0 Å². The number of nitro benzene ring substituents is 1. The van der Waals surface area contributed by atoms with Crippen LogP contribution in [0.1, 0.15) is 12.5 Å². The predicted octanol–water partition coefficient (Wildman–Crippen LogP) is 3.31. The molecule has 2 aromatic rings. The van der Waals surface area contributed by atoms with Gasteiger partial charge in [-0.25, -0.2) is 0 Å². The summed E-state index contributed by atoms with van der Waals surface area (Å²) in [6, 6.07) is 13.1. The van der Waals surface area contributed by atoms with Gasteiger partial charge in [0.2, 0.25) is 0 Å². The minimum Gasteiger partial charge on any atom is -0.481 e. The van der Waals surface area contributed by atoms with Gasteiger partial charge in [0.1, 0.15) is 5.75 Å². The third-order valence-corrected chi connectivity index (χ3v) is 3.03. The van der Waals surface area contributed by atoms with E-state index in [0.717, 1.165) is 5.56 Å². The van der Waals surface area contributed by atoms with E-state index in [9.17, 15) is 14.9 Å². The number of benzene rings is 2. The second-order valence-electron chi connectivity index (χ2n) is 4.87. The van der Waals surface area contributed by atoms with E-state index in [2.05, 4.69) is 5.32 Å². The van der Waals surface area contributed by atoms with Crippen molar-refractivity contribution < 1.29 is 14.5 Å². The molecule has 1 amide bonds. The first-order valence-corrected chi connectivity index (χ1v) is 6.74. The van der Waals surface area contributed by atoms with Crippen molar-refractivity contribution in [3.05, 3.63) is 64.2 Å². The number of nitrogens with zero attached hydrogens (tertiary/aromatic N) is 1. The maximum Gasteiger partial charge on any atom is 0.271 e. The Morgan fingerprint density at radius 3 is 2.55 bits per heavy atom. The summed E-state index contributed by atoms with van der Waals surface area (Å²) in [5, 5.41) is 13.3. The molecular weight excluding hydrogens is 284 g/mol. The van der Waals surface area contributed by atoms with E-state index in [1.165, 1.54) is 18.2 Å². The van der Waals surface area contributed by atoms with Crippen molar-refractivity contribution in [3.63, 3.8) is 0 Å². The number of carbonyl (C=O) groups excluding carboxylic acids is 1. The maximum absolute atomic E-state index is 12.1. The molecule has 0 aromatic heterocycles. The van der Waals surface area contributed by atoms with Gasteiger partial charge in [-0.15, -0.1) is 0 Å². The number of anilines is 1. The highest BCUT2D eigenvalue weighted by Gasteiger charge is 2.16. The lowest BCUT2D eigenvalue weighted by Gasteiger charge is -2.14. The summed E-state index contributed by atoms with van der Waals surface area (Å²) in [7, 11) is 0. The Balaban J connectivity index is 2.00. The average Bonchev–Trinajstić information content (AvgIpc) is 2.49. The van der Waals surface area contributed by atoms with E-state index in [-0.39, 0.29) is 11.6 Å². The summed E-state index contributed by atoms with van der Waals surface area (Å²) < 4.78 is 5.54. The SMILES string of the molecule is Cc1ccc(O[C@@H](C)C(=O)Nc2cccc([N+](=O)[O-])c2)cc1. The van der Waals surface area contributed by atoms with Crippen LogP contribution in [-0.2, 0) is 4.79 Å². The monoisotopic (exact) mass is 300 g/mol. The van der Waals surface area contributed by atoms with Crippen LogP contribution >= 0.6 is 0 Å². The van der Waals surface area contributed by atoms with E-state index in [0.29, 0.717) is 11.4 Å². The Hall–Kier alpha value is -2.89. The predicted molar refractivity (Wildman–Crippen MR) is 83.0 cm³/mol. The molecular formula is C16H16N2O4. The van der Waals surface area contributed by atoms with Crippen LogP contribution in [0, 0.1) is 17.0 Å². The number of hydrogen-bond donors (Lipinski definition) is 1. The van der Waals surface area contributed by atoms with Gasteiger partial charge in [-0.05, 0) is 32.0 Å². The summed E-state index contributed by atoms with van der Waals surface area (Å²) in [5.41, 5.74) is 1.38. The smallest absolute Gasteiger partial charge is 0.271 e. The van der Waals surface area contributed by atoms with E-state index in [1.54, 1.807) is 25.1 Å². The summed E-state index contributed by atoms with van der Waals surface area (Å²) >= 11 is 0. The van der Waals surface area contributed by atoms with Crippen molar-refractivity contribution in [2.75, 3.05) is 5.32 Å². The van der Waals surface area contributed by atoms with E-state index in [1.807, 2.05) is 19.1 Å². The fraction of sp³-hybridized carbons (Fsp3) is 0.188. The third kappa shape index (κ3) is 4.05. The number of nitrogens with one attached hydrogen (secondary N) is 1. The molecule has 0 heterocycles. The Morgan fingerprint density at radius 1 is 1.23 bits per heavy atom. The summed E-state index contributed by atoms with van der Waals surface area (Å²) in [5.74, 6) is 0.216. The molecule has 0 unspecified atom stereocenters. The zero-order valence-corrected chi connectivity index (χ0v) is 12.3. The number of non-ortho nitro benzene ring substituents is 1. The molecule has 0 aliphatic rings. The van der Waals surface area contributed by atoms with E-state index >= 15 is 0 Å². The number of ether oxygens (including phenoxy) is 1. The summed E-state index contributed by atoms with van der Waals surface area (Å²) in [6.07, 6.45) is -0.720. The molecule has 2 rings (SSSR count). The Morgan fingerprint density at radius 2 is 1.91 bits per heavy atom. The van der Waals surface area contributed by atoms with E-state index in [4.69, 9.17) is 4.74 Å². The van der Waals surface area contributed by atoms with Crippen molar-refractivity contribution in [1.29, 1.82) is 0 Å². The Kier molecular flexibility index (Phi) is 4.73. The molecule has 0 bridgehead atoms. The van der Waals surface area contributed by atoms with Crippen LogP contribution in [0.2, 0.25) is 0 Å². The molecule has 0 aliphatic carbocycles. The van der Waals surface area contributed by atoms with Gasteiger partial charge in [0.25, 0.3) is 11.6 Å². The van der Waals surface area contributed by atoms with Crippen LogP contribution < -0.4 is 10.1 Å². The summed E-state index contributed by atoms with van der Waals surface area (Å²) in [6.45, 7) is 3.58. The van der Waals surface area contributed by atoms with Gasteiger partial charge in [-0.3, -0.25) is 14.9 Å². The lowest BCUT2D eigenvalue weighted by atomic mass is 10.2. The van der Waals surface area contributed by atoms with E-state index < -0.39 is 11.0 Å². The molecule has 0 saturated heterocycles. The molecule has 0 radical (unpaired) electrons. The van der Waals surface area contributed by atoms with Gasteiger partial charge in [-0.2, -0.15) is 0 Å². The molecule has 1 N–H and O–H groups in total. The zero-order valence-electron chi connectivity index (χ0n) is 12.3. The van der Waals surface area contributed by atoms with Crippen molar-refractivity contribution in [3.8, 4) is 5.75 Å². The quantitative estimate of drug-likeness (QED) is 0.678. The topological polar surface area (TPSA) is 81.5 Å². The Bertz CT molecular complexity index is 683. The summed E-state index contributed by atoms with van der Waals surface area (Å²) in [4.78, 5) is 22.3. The first-order chi connectivity index (χ1) is 10.5. The highest BCUT2D eigenvalue weighted by Crippen LogP contribution is 2.18. The van der Waals surface area contributed by atoms with Crippen LogP contribution in [0.25, 0.3) is 0 Å². The molecule has 0 aliphatic heterocycles. The maximum atomic E-state index is 12.1. The fourth-order valence-electron chi connectivity index (χ4n) is 1.82. The van der Waals surface area contributed by atoms with Gasteiger partial charge in [-0.1, -0.05) is 23.8 Å². The molecule has 0 fully saturated rings. The van der Waals surface area contributed by atoms with Crippen LogP contribution in [0.3, 0.4) is 0 Å². The highest BCUT2D eigenvalue weighted by molar-refractivity contribution is 5.94. The van der Waals surface area contributed by atoms with Crippen molar-refractivity contribution in [2.24, 2.45) is 0 Å². The second kappa shape index (κ2) is 6.71. The fourth-order valence-corrected chi connectivity index (χ4v) is 1.82. The first-order valence-electron chi connectivity index (χ1n) is 6.74. The molecule has 0 spiro atoms. The number of amides is 1. The van der Waals surface area contributed by atoms with Crippen LogP contribution in [-0.4, -0.2) is 16.9 Å². The molecule has 6 heteroatoms. The standard InChI is InChI=1S/C16H16N2O4/c1-11-6-8-15(9-7-11)22-12(2)16(19)17-13-4-3-5-14(10-13)18(20)21/h3-10,12H,1-2H3,(H,17,19)/t12-/m0/s1. The molecule has 114 valence electrons. The number of hydrogen-bond acceptors (Lipinski definition) is 4. The van der Waals surface area contributed by atoms with Crippen molar-refractivity contribution >= 4 is 17.3 Å². The van der Waals surface area contributed by atoms with Crippen LogP contribution in [0.15, 0.2) is 48.5 Å². The van der Waals surface area contributed by atoms with Crippen LogP contribution in [0.4, 0.5) is 11.4 Å². The lowest BCUT2D eigenvalue weighted by Crippen LogP contribution is -2.30. The minimum atomic E-state index is -0.720. The van der Waals surface area contributed by atoms with Gasteiger partial charge in [0, 0.05) is 17.8 Å². The molecule has 2 aromatic carbocycles. The normalized spacial score (nSPS) is 11.5. The zero-order chi connectivity index (χ0) is 16.1. The Labute approximate surface area is 127 Å². The average molecular weight is 300 g/mol. The first kappa shape index (κ1) is 15.5. The van der Waals surface area contributed by atoms with Gasteiger partial charge >= 0.3 is 0 Å². The third-order valence-electron chi connectivity index (χ3n) is 3.03. The van der Waals surface area contributed by atoms with Gasteiger partial charge < -0.3 is 10.1 Å². The second-order valence-corrected chi connectivity index (χ2v) is 4.87. The van der Waals surface area contributed by atoms with Gasteiger partial charge in [0.05, 0.1) is 4.92 Å². The number of nitro groups is 1. The number of rotatable bonds is 5. The van der Waals surface area contributed by atoms with Crippen molar-refractivity contribution in [1.82, 2.24) is 0 Å². The molecule has 22 heavy (non-hydrogen) atoms.